The molecule has 2 aliphatic rings. The molecule has 1 aliphatic heterocycles. The van der Waals surface area contributed by atoms with Crippen LogP contribution in [0.15, 0.2) is 28.8 Å². The van der Waals surface area contributed by atoms with E-state index in [2.05, 4.69) is 15.0 Å². The van der Waals surface area contributed by atoms with E-state index in [0.717, 1.165) is 49.8 Å². The molecule has 0 amide bonds. The van der Waals surface area contributed by atoms with E-state index in [1.54, 1.807) is 0 Å². The van der Waals surface area contributed by atoms with E-state index in [4.69, 9.17) is 16.1 Å². The van der Waals surface area contributed by atoms with Gasteiger partial charge in [0.15, 0.2) is 5.82 Å². The third-order valence-corrected chi connectivity index (χ3v) is 5.32. The number of hydrogen-bond acceptors (Lipinski definition) is 5. The van der Waals surface area contributed by atoms with Gasteiger partial charge in [-0.25, -0.2) is 0 Å². The van der Waals surface area contributed by atoms with Crippen molar-refractivity contribution in [2.45, 2.75) is 44.2 Å². The molecule has 1 saturated carbocycles. The maximum absolute atomic E-state index is 10.6. The summed E-state index contributed by atoms with van der Waals surface area (Å²) in [7, 11) is 0. The highest BCUT2D eigenvalue weighted by molar-refractivity contribution is 6.30. The molecule has 128 valence electrons. The average Bonchev–Trinajstić information content (AvgIpc) is 3.36. The SMILES string of the molecule is OC(c1ccc(Cl)cc1)C1CCN(Cc2noc(C3CC3)n2)CC1. The van der Waals surface area contributed by atoms with Crippen LogP contribution >= 0.6 is 11.6 Å². The highest BCUT2D eigenvalue weighted by Crippen LogP contribution is 2.39. The van der Waals surface area contributed by atoms with Gasteiger partial charge in [0.25, 0.3) is 0 Å². The monoisotopic (exact) mass is 347 g/mol. The molecule has 1 atom stereocenters. The lowest BCUT2D eigenvalue weighted by Gasteiger charge is -2.33. The normalized spacial score (nSPS) is 21.1. The van der Waals surface area contributed by atoms with Crippen LogP contribution in [0.5, 0.6) is 0 Å². The van der Waals surface area contributed by atoms with Crippen LogP contribution < -0.4 is 0 Å². The van der Waals surface area contributed by atoms with Crippen LogP contribution in [0.25, 0.3) is 0 Å². The van der Waals surface area contributed by atoms with E-state index in [-0.39, 0.29) is 5.92 Å². The van der Waals surface area contributed by atoms with E-state index < -0.39 is 6.10 Å². The van der Waals surface area contributed by atoms with E-state index in [9.17, 15) is 5.11 Å². The smallest absolute Gasteiger partial charge is 0.229 e. The van der Waals surface area contributed by atoms with E-state index >= 15 is 0 Å². The van der Waals surface area contributed by atoms with Gasteiger partial charge in [-0.2, -0.15) is 4.98 Å². The summed E-state index contributed by atoms with van der Waals surface area (Å²) in [5, 5.41) is 15.4. The zero-order valence-corrected chi connectivity index (χ0v) is 14.3. The molecule has 1 saturated heterocycles. The molecule has 24 heavy (non-hydrogen) atoms. The number of benzene rings is 1. The Kier molecular flexibility index (Phi) is 4.57. The minimum absolute atomic E-state index is 0.287. The zero-order valence-electron chi connectivity index (χ0n) is 13.6. The Balaban J connectivity index is 1.30. The Labute approximate surface area is 146 Å². The van der Waals surface area contributed by atoms with Crippen molar-refractivity contribution in [2.75, 3.05) is 13.1 Å². The van der Waals surface area contributed by atoms with Crippen molar-refractivity contribution < 1.29 is 9.63 Å². The first-order valence-electron chi connectivity index (χ1n) is 8.67. The Hall–Kier alpha value is -1.43. The molecule has 1 aliphatic carbocycles. The predicted molar refractivity (Wildman–Crippen MR) is 90.7 cm³/mol. The van der Waals surface area contributed by atoms with Crippen molar-refractivity contribution in [3.8, 4) is 0 Å². The Morgan fingerprint density at radius 1 is 1.17 bits per heavy atom. The minimum atomic E-state index is -0.420. The van der Waals surface area contributed by atoms with Gasteiger partial charge < -0.3 is 9.63 Å². The summed E-state index contributed by atoms with van der Waals surface area (Å²) in [5.74, 6) is 2.38. The number of piperidine rings is 1. The van der Waals surface area contributed by atoms with Gasteiger partial charge in [0.05, 0.1) is 12.6 Å². The zero-order chi connectivity index (χ0) is 16.5. The first-order chi connectivity index (χ1) is 11.7. The van der Waals surface area contributed by atoms with Crippen molar-refractivity contribution >= 4 is 11.6 Å². The molecule has 2 heterocycles. The lowest BCUT2D eigenvalue weighted by Crippen LogP contribution is -2.35. The van der Waals surface area contributed by atoms with Gasteiger partial charge in [0.2, 0.25) is 5.89 Å². The highest BCUT2D eigenvalue weighted by Gasteiger charge is 2.30. The first kappa shape index (κ1) is 16.1. The predicted octanol–water partition coefficient (Wildman–Crippen LogP) is 3.55. The topological polar surface area (TPSA) is 62.4 Å². The van der Waals surface area contributed by atoms with E-state index in [0.29, 0.717) is 10.9 Å². The number of likely N-dealkylation sites (tertiary alicyclic amines) is 1. The number of aromatic nitrogens is 2. The Bertz CT molecular complexity index is 676. The van der Waals surface area contributed by atoms with Gasteiger partial charge in [0.1, 0.15) is 0 Å². The van der Waals surface area contributed by atoms with Gasteiger partial charge in [-0.3, -0.25) is 4.90 Å². The van der Waals surface area contributed by atoms with E-state index in [1.165, 1.54) is 12.8 Å². The summed E-state index contributed by atoms with van der Waals surface area (Å²) >= 11 is 5.92. The Morgan fingerprint density at radius 2 is 1.88 bits per heavy atom. The summed E-state index contributed by atoms with van der Waals surface area (Å²) in [6.07, 6.45) is 3.87. The van der Waals surface area contributed by atoms with Crippen molar-refractivity contribution in [3.63, 3.8) is 0 Å². The van der Waals surface area contributed by atoms with Gasteiger partial charge >= 0.3 is 0 Å². The van der Waals surface area contributed by atoms with Gasteiger partial charge in [-0.05, 0) is 62.4 Å². The summed E-state index contributed by atoms with van der Waals surface area (Å²) in [6, 6.07) is 7.50. The van der Waals surface area contributed by atoms with E-state index in [1.807, 2.05) is 24.3 Å². The lowest BCUT2D eigenvalue weighted by molar-refractivity contribution is 0.0558. The highest BCUT2D eigenvalue weighted by atomic mass is 35.5. The van der Waals surface area contributed by atoms with Crippen molar-refractivity contribution in [1.29, 1.82) is 0 Å². The molecule has 0 spiro atoms. The number of halogens is 1. The third-order valence-electron chi connectivity index (χ3n) is 5.07. The van der Waals surface area contributed by atoms with Gasteiger partial charge in [-0.15, -0.1) is 0 Å². The minimum Gasteiger partial charge on any atom is -0.388 e. The fourth-order valence-electron chi connectivity index (χ4n) is 3.39. The molecule has 6 heteroatoms. The largest absolute Gasteiger partial charge is 0.388 e. The molecule has 0 bridgehead atoms. The number of hydrogen-bond donors (Lipinski definition) is 1. The van der Waals surface area contributed by atoms with Crippen LogP contribution in [-0.2, 0) is 6.54 Å². The first-order valence-corrected chi connectivity index (χ1v) is 9.05. The van der Waals surface area contributed by atoms with Gasteiger partial charge in [0, 0.05) is 10.9 Å². The van der Waals surface area contributed by atoms with Crippen LogP contribution in [0.4, 0.5) is 0 Å². The molecule has 4 rings (SSSR count). The van der Waals surface area contributed by atoms with Crippen molar-refractivity contribution in [3.05, 3.63) is 46.6 Å². The second-order valence-corrected chi connectivity index (χ2v) is 7.37. The molecule has 1 aromatic carbocycles. The fraction of sp³-hybridized carbons (Fsp3) is 0.556. The van der Waals surface area contributed by atoms with Crippen molar-refractivity contribution in [1.82, 2.24) is 15.0 Å². The number of aliphatic hydroxyl groups excluding tert-OH is 1. The summed E-state index contributed by atoms with van der Waals surface area (Å²) < 4.78 is 5.32. The molecular weight excluding hydrogens is 326 g/mol. The van der Waals surface area contributed by atoms with Crippen molar-refractivity contribution in [2.24, 2.45) is 5.92 Å². The molecule has 0 radical (unpaired) electrons. The van der Waals surface area contributed by atoms with Crippen LogP contribution in [0.3, 0.4) is 0 Å². The van der Waals surface area contributed by atoms with Crippen LogP contribution in [0.2, 0.25) is 5.02 Å². The third kappa shape index (κ3) is 3.63. The second kappa shape index (κ2) is 6.82. The second-order valence-electron chi connectivity index (χ2n) is 6.93. The standard InChI is InChI=1S/C18H22ClN3O2/c19-15-5-3-12(4-6-15)17(23)13-7-9-22(10-8-13)11-16-20-18(24-21-16)14-1-2-14/h3-6,13-14,17,23H,1-2,7-11H2. The molecule has 1 aromatic heterocycles. The fourth-order valence-corrected chi connectivity index (χ4v) is 3.51. The summed E-state index contributed by atoms with van der Waals surface area (Å²) in [4.78, 5) is 6.83. The molecule has 2 fully saturated rings. The number of nitrogens with zero attached hydrogens (tertiary/aromatic N) is 3. The molecule has 5 nitrogen and oxygen atoms in total. The summed E-state index contributed by atoms with van der Waals surface area (Å²) in [6.45, 7) is 2.63. The molecule has 1 N–H and O–H groups in total. The Morgan fingerprint density at radius 3 is 2.54 bits per heavy atom. The van der Waals surface area contributed by atoms with Gasteiger partial charge in [-0.1, -0.05) is 28.9 Å². The molecule has 2 aromatic rings. The lowest BCUT2D eigenvalue weighted by atomic mass is 9.87. The van der Waals surface area contributed by atoms with Crippen LogP contribution in [-0.4, -0.2) is 33.2 Å². The molecular formula is C18H22ClN3O2. The molecule has 1 unspecified atom stereocenters. The average molecular weight is 348 g/mol. The quantitative estimate of drug-likeness (QED) is 0.896. The summed E-state index contributed by atoms with van der Waals surface area (Å²) in [5.41, 5.74) is 0.949. The maximum Gasteiger partial charge on any atom is 0.229 e. The number of aliphatic hydroxyl groups is 1. The number of rotatable bonds is 5. The maximum atomic E-state index is 10.6. The van der Waals surface area contributed by atoms with Crippen LogP contribution in [0.1, 0.15) is 55.0 Å². The van der Waals surface area contributed by atoms with Crippen LogP contribution in [0, 0.1) is 5.92 Å².